The minimum absolute atomic E-state index is 0.00160. The van der Waals surface area contributed by atoms with Gasteiger partial charge >= 0.3 is 0 Å². The lowest BCUT2D eigenvalue weighted by atomic mass is 10.0. The summed E-state index contributed by atoms with van der Waals surface area (Å²) in [5.74, 6) is 0. The van der Waals surface area contributed by atoms with Crippen molar-refractivity contribution in [1.82, 2.24) is 0 Å². The van der Waals surface area contributed by atoms with E-state index in [2.05, 4.69) is 13.8 Å². The molecular formula is C49H101NO. The van der Waals surface area contributed by atoms with Gasteiger partial charge < -0.3 is 9.85 Å². The van der Waals surface area contributed by atoms with E-state index in [9.17, 15) is 5.21 Å². The van der Waals surface area contributed by atoms with Crippen molar-refractivity contribution < 1.29 is 4.65 Å². The Hall–Kier alpha value is -0.0800. The Labute approximate surface area is 325 Å². The number of hydrogen-bond acceptors (Lipinski definition) is 1. The van der Waals surface area contributed by atoms with Gasteiger partial charge in [-0.3, -0.25) is 0 Å². The van der Waals surface area contributed by atoms with Gasteiger partial charge in [-0.25, -0.2) is 0 Å². The predicted molar refractivity (Wildman–Crippen MR) is 234 cm³/mol. The highest BCUT2D eigenvalue weighted by molar-refractivity contribution is 4.54. The molecule has 0 aromatic rings. The fourth-order valence-corrected chi connectivity index (χ4v) is 8.22. The van der Waals surface area contributed by atoms with E-state index in [0.717, 1.165) is 25.9 Å². The molecule has 0 aliphatic rings. The van der Waals surface area contributed by atoms with Crippen LogP contribution in [0.5, 0.6) is 0 Å². The average molecular weight is 720 g/mol. The molecule has 0 saturated carbocycles. The molecular weight excluding hydrogens is 619 g/mol. The summed E-state index contributed by atoms with van der Waals surface area (Å²) in [5.41, 5.74) is 0. The fourth-order valence-electron chi connectivity index (χ4n) is 8.22. The number of quaternary nitrogens is 1. The van der Waals surface area contributed by atoms with E-state index in [4.69, 9.17) is 0 Å². The SMILES string of the molecule is CCCCCCCCCCCCCCCCCCCCCCCC[N+](C)([O-])CCCCCCCCCCCCCCCCCCCCCCCC. The maximum atomic E-state index is 12.9. The third-order valence-electron chi connectivity index (χ3n) is 12.0. The first-order valence-electron chi connectivity index (χ1n) is 24.7. The van der Waals surface area contributed by atoms with E-state index in [0.29, 0.717) is 0 Å². The van der Waals surface area contributed by atoms with Gasteiger partial charge in [0.15, 0.2) is 0 Å². The summed E-state index contributed by atoms with van der Waals surface area (Å²) in [6.45, 7) is 6.27. The molecule has 0 heterocycles. The quantitative estimate of drug-likeness (QED) is 0.0349. The summed E-state index contributed by atoms with van der Waals surface area (Å²) in [6, 6.07) is 0. The van der Waals surface area contributed by atoms with Crippen LogP contribution in [0, 0.1) is 5.21 Å². The van der Waals surface area contributed by atoms with Crippen molar-refractivity contribution in [2.45, 2.75) is 296 Å². The summed E-state index contributed by atoms with van der Waals surface area (Å²) in [6.07, 6.45) is 62.4. The normalized spacial score (nSPS) is 12.0. The van der Waals surface area contributed by atoms with Gasteiger partial charge in [-0.05, 0) is 25.7 Å². The van der Waals surface area contributed by atoms with Crippen LogP contribution < -0.4 is 0 Å². The zero-order valence-electron chi connectivity index (χ0n) is 36.4. The lowest BCUT2D eigenvalue weighted by molar-refractivity contribution is -0.861. The van der Waals surface area contributed by atoms with Crippen LogP contribution in [0.15, 0.2) is 0 Å². The van der Waals surface area contributed by atoms with E-state index in [1.54, 1.807) is 0 Å². The molecule has 0 aromatic carbocycles. The minimum atomic E-state index is -0.00160. The zero-order valence-corrected chi connectivity index (χ0v) is 36.4. The smallest absolute Gasteiger partial charge is 0.0781 e. The number of hydroxylamine groups is 3. The van der Waals surface area contributed by atoms with Gasteiger partial charge in [0.25, 0.3) is 0 Å². The van der Waals surface area contributed by atoms with E-state index < -0.39 is 0 Å². The van der Waals surface area contributed by atoms with Gasteiger partial charge in [-0.1, -0.05) is 271 Å². The molecule has 51 heavy (non-hydrogen) atoms. The first-order valence-corrected chi connectivity index (χ1v) is 24.7. The molecule has 0 amide bonds. The molecule has 0 spiro atoms. The highest BCUT2D eigenvalue weighted by Gasteiger charge is 2.09. The second-order valence-corrected chi connectivity index (χ2v) is 17.6. The van der Waals surface area contributed by atoms with Gasteiger partial charge in [0.1, 0.15) is 0 Å². The molecule has 0 aliphatic heterocycles. The molecule has 0 atom stereocenters. The lowest BCUT2D eigenvalue weighted by Gasteiger charge is -2.39. The first-order chi connectivity index (χ1) is 25.1. The molecule has 308 valence electrons. The van der Waals surface area contributed by atoms with Gasteiger partial charge in [-0.2, -0.15) is 0 Å². The van der Waals surface area contributed by atoms with Crippen LogP contribution >= 0.6 is 0 Å². The standard InChI is InChI=1S/C49H101NO/c1-4-6-8-10-12-14-16-18-20-22-24-26-28-30-32-34-36-38-40-42-44-46-48-50(3,51)49-47-45-43-41-39-37-35-33-31-29-27-25-23-21-19-17-15-13-11-9-7-5-2/h4-49H2,1-3H3. The molecule has 2 heteroatoms. The number of rotatable bonds is 46. The minimum Gasteiger partial charge on any atom is -0.633 e. The summed E-state index contributed by atoms with van der Waals surface area (Å²) in [5, 5.41) is 12.9. The van der Waals surface area contributed by atoms with E-state index in [-0.39, 0.29) is 4.65 Å². The first kappa shape index (κ1) is 50.9. The van der Waals surface area contributed by atoms with Gasteiger partial charge in [0.2, 0.25) is 0 Å². The predicted octanol–water partition coefficient (Wildman–Crippen LogP) is 18.1. The lowest BCUT2D eigenvalue weighted by Crippen LogP contribution is -2.39. The molecule has 0 aromatic heterocycles. The van der Waals surface area contributed by atoms with Crippen LogP contribution in [0.2, 0.25) is 0 Å². The molecule has 0 aliphatic carbocycles. The van der Waals surface area contributed by atoms with Crippen molar-refractivity contribution in [3.8, 4) is 0 Å². The molecule has 2 nitrogen and oxygen atoms in total. The molecule has 0 radical (unpaired) electrons. The Balaban J connectivity index is 3.24. The van der Waals surface area contributed by atoms with Crippen LogP contribution in [0.3, 0.4) is 0 Å². The van der Waals surface area contributed by atoms with Gasteiger partial charge in [0, 0.05) is 0 Å². The van der Waals surface area contributed by atoms with Crippen molar-refractivity contribution in [3.63, 3.8) is 0 Å². The molecule has 0 fully saturated rings. The Bertz CT molecular complexity index is 553. The van der Waals surface area contributed by atoms with E-state index in [1.807, 2.05) is 7.05 Å². The number of unbranched alkanes of at least 4 members (excludes halogenated alkanes) is 42. The van der Waals surface area contributed by atoms with Crippen molar-refractivity contribution in [2.75, 3.05) is 20.1 Å². The van der Waals surface area contributed by atoms with Crippen molar-refractivity contribution in [1.29, 1.82) is 0 Å². The number of hydrogen-bond donors (Lipinski definition) is 0. The highest BCUT2D eigenvalue weighted by atomic mass is 16.5. The van der Waals surface area contributed by atoms with Crippen LogP contribution in [-0.4, -0.2) is 24.8 Å². The molecule has 0 bridgehead atoms. The Morgan fingerprint density at radius 1 is 0.216 bits per heavy atom. The fraction of sp³-hybridized carbons (Fsp3) is 1.00. The second kappa shape index (κ2) is 44.3. The highest BCUT2D eigenvalue weighted by Crippen LogP contribution is 2.18. The van der Waals surface area contributed by atoms with E-state index in [1.165, 1.54) is 270 Å². The average Bonchev–Trinajstić information content (AvgIpc) is 3.12. The van der Waals surface area contributed by atoms with Gasteiger partial charge in [-0.15, -0.1) is 0 Å². The second-order valence-electron chi connectivity index (χ2n) is 17.6. The zero-order chi connectivity index (χ0) is 37.0. The third-order valence-corrected chi connectivity index (χ3v) is 12.0. The molecule has 0 unspecified atom stereocenters. The van der Waals surface area contributed by atoms with Crippen LogP contribution in [0.25, 0.3) is 0 Å². The summed E-state index contributed by atoms with van der Waals surface area (Å²) >= 11 is 0. The van der Waals surface area contributed by atoms with Crippen molar-refractivity contribution in [2.24, 2.45) is 0 Å². The Kier molecular flexibility index (Phi) is 44.2. The maximum absolute atomic E-state index is 12.9. The van der Waals surface area contributed by atoms with Crippen molar-refractivity contribution >= 4 is 0 Å². The summed E-state index contributed by atoms with van der Waals surface area (Å²) < 4.78 is -0.00160. The largest absolute Gasteiger partial charge is 0.633 e. The molecule has 0 rings (SSSR count). The van der Waals surface area contributed by atoms with E-state index >= 15 is 0 Å². The van der Waals surface area contributed by atoms with Crippen LogP contribution in [0.1, 0.15) is 296 Å². The molecule has 0 saturated heterocycles. The topological polar surface area (TPSA) is 23.1 Å². The van der Waals surface area contributed by atoms with Gasteiger partial charge in [0.05, 0.1) is 20.1 Å². The van der Waals surface area contributed by atoms with Crippen molar-refractivity contribution in [3.05, 3.63) is 5.21 Å². The Morgan fingerprint density at radius 3 is 0.471 bits per heavy atom. The summed E-state index contributed by atoms with van der Waals surface area (Å²) in [7, 11) is 1.93. The monoisotopic (exact) mass is 720 g/mol. The van der Waals surface area contributed by atoms with Crippen LogP contribution in [-0.2, 0) is 0 Å². The summed E-state index contributed by atoms with van der Waals surface area (Å²) in [4.78, 5) is 0. The third kappa shape index (κ3) is 46.0. The molecule has 0 N–H and O–H groups in total. The maximum Gasteiger partial charge on any atom is 0.0781 e. The Morgan fingerprint density at radius 2 is 0.333 bits per heavy atom. The number of nitrogens with zero attached hydrogens (tertiary/aromatic N) is 1. The van der Waals surface area contributed by atoms with Crippen LogP contribution in [0.4, 0.5) is 0 Å².